The van der Waals surface area contributed by atoms with Crippen LogP contribution in [0.3, 0.4) is 0 Å². The summed E-state index contributed by atoms with van der Waals surface area (Å²) < 4.78 is 0. The molecule has 1 aliphatic rings. The topological polar surface area (TPSA) is 110 Å². The van der Waals surface area contributed by atoms with Gasteiger partial charge in [-0.1, -0.05) is 63.2 Å². The van der Waals surface area contributed by atoms with Crippen molar-refractivity contribution < 1.29 is 14.7 Å². The molecule has 0 spiro atoms. The van der Waals surface area contributed by atoms with E-state index >= 15 is 0 Å². The van der Waals surface area contributed by atoms with Crippen LogP contribution < -0.4 is 15.5 Å². The number of nitrogens with zero attached hydrogens (tertiary/aromatic N) is 2. The fourth-order valence-electron chi connectivity index (χ4n) is 5.77. The molecule has 1 amide bonds. The highest BCUT2D eigenvalue weighted by molar-refractivity contribution is 5.95. The van der Waals surface area contributed by atoms with Crippen molar-refractivity contribution in [2.75, 3.05) is 23.3 Å². The molecule has 0 bridgehead atoms. The molecule has 2 atom stereocenters. The second-order valence-corrected chi connectivity index (χ2v) is 11.5. The number of benzene rings is 3. The number of hydrogen-bond acceptors (Lipinski definition) is 5. The molecule has 2 heterocycles. The molecule has 0 aliphatic carbocycles. The lowest BCUT2D eigenvalue weighted by Crippen LogP contribution is -2.36. The molecule has 5 rings (SSSR count). The van der Waals surface area contributed by atoms with E-state index in [9.17, 15) is 14.7 Å². The van der Waals surface area contributed by atoms with E-state index in [2.05, 4.69) is 32.7 Å². The van der Waals surface area contributed by atoms with Gasteiger partial charge in [-0.05, 0) is 53.3 Å². The minimum Gasteiger partial charge on any atom is -0.481 e. The predicted molar refractivity (Wildman–Crippen MR) is 159 cm³/mol. The molecule has 0 saturated carbocycles. The molecule has 2 unspecified atom stereocenters. The Bertz CT molecular complexity index is 1460. The van der Waals surface area contributed by atoms with Crippen LogP contribution in [0.25, 0.3) is 11.0 Å². The van der Waals surface area contributed by atoms with Crippen LogP contribution >= 0.6 is 0 Å². The van der Waals surface area contributed by atoms with Gasteiger partial charge in [-0.25, -0.2) is 4.98 Å². The molecule has 0 saturated heterocycles. The summed E-state index contributed by atoms with van der Waals surface area (Å²) in [4.78, 5) is 35.2. The molecule has 4 aromatic rings. The van der Waals surface area contributed by atoms with E-state index in [4.69, 9.17) is 0 Å². The molecule has 3 aromatic carbocycles. The van der Waals surface area contributed by atoms with Crippen LogP contribution in [0, 0.1) is 11.3 Å². The first kappa shape index (κ1) is 27.4. The van der Waals surface area contributed by atoms with Gasteiger partial charge < -0.3 is 25.6 Å². The summed E-state index contributed by atoms with van der Waals surface area (Å²) in [5, 5.41) is 16.9. The van der Waals surface area contributed by atoms with Crippen LogP contribution in [0.2, 0.25) is 0 Å². The maximum absolute atomic E-state index is 13.2. The monoisotopic (exact) mass is 539 g/mol. The molecule has 8 nitrogen and oxygen atoms in total. The number of carboxylic acid groups (broad SMARTS) is 1. The van der Waals surface area contributed by atoms with E-state index in [0.717, 1.165) is 33.5 Å². The Morgan fingerprint density at radius 1 is 1.07 bits per heavy atom. The van der Waals surface area contributed by atoms with Crippen LogP contribution in [0.5, 0.6) is 0 Å². The lowest BCUT2D eigenvalue weighted by Gasteiger charge is -2.34. The number of imidazole rings is 1. The Morgan fingerprint density at radius 3 is 2.52 bits per heavy atom. The summed E-state index contributed by atoms with van der Waals surface area (Å²) in [6, 6.07) is 23.9. The van der Waals surface area contributed by atoms with E-state index in [1.165, 1.54) is 0 Å². The fourth-order valence-corrected chi connectivity index (χ4v) is 5.77. The zero-order valence-electron chi connectivity index (χ0n) is 23.3. The van der Waals surface area contributed by atoms with E-state index < -0.39 is 17.3 Å². The van der Waals surface area contributed by atoms with Gasteiger partial charge in [-0.3, -0.25) is 9.59 Å². The summed E-state index contributed by atoms with van der Waals surface area (Å²) >= 11 is 0. The molecular formula is C32H37N5O3. The number of fused-ring (bicyclic) bond motifs is 2. The molecular weight excluding hydrogens is 502 g/mol. The minimum atomic E-state index is -0.811. The average molecular weight is 540 g/mol. The zero-order valence-corrected chi connectivity index (χ0v) is 23.3. The van der Waals surface area contributed by atoms with Crippen LogP contribution in [-0.4, -0.2) is 40.0 Å². The second-order valence-electron chi connectivity index (χ2n) is 11.5. The van der Waals surface area contributed by atoms with Gasteiger partial charge in [0.25, 0.3) is 0 Å². The number of carbonyl (C=O) groups is 2. The standard InChI is InChI=1S/C32H37N5O3/c1-32(2,3)29(30(39)40)24-16-17-28(38)37(27-11-7-4-8-23(24)27)19-18-33-20-21-12-14-22(15-13-21)34-31-35-25-9-5-6-10-26(25)36-31/h4-15,24,29,33H,16-20H2,1-3H3,(H,39,40)(H2,34,35,36). The molecule has 1 aromatic heterocycles. The highest BCUT2D eigenvalue weighted by Crippen LogP contribution is 2.45. The first-order chi connectivity index (χ1) is 19.2. The molecule has 8 heteroatoms. The van der Waals surface area contributed by atoms with Gasteiger partial charge in [-0.2, -0.15) is 0 Å². The van der Waals surface area contributed by atoms with Crippen LogP contribution in [0.4, 0.5) is 17.3 Å². The third kappa shape index (κ3) is 6.02. The average Bonchev–Trinajstić information content (AvgIpc) is 3.27. The van der Waals surface area contributed by atoms with Crippen molar-refractivity contribution >= 4 is 40.2 Å². The van der Waals surface area contributed by atoms with Gasteiger partial charge in [0, 0.05) is 43.3 Å². The summed E-state index contributed by atoms with van der Waals surface area (Å²) in [6.45, 7) is 7.69. The summed E-state index contributed by atoms with van der Waals surface area (Å²) in [5.74, 6) is -0.871. The van der Waals surface area contributed by atoms with Gasteiger partial charge in [0.2, 0.25) is 11.9 Å². The predicted octanol–water partition coefficient (Wildman–Crippen LogP) is 6.05. The van der Waals surface area contributed by atoms with Gasteiger partial charge in [-0.15, -0.1) is 0 Å². The lowest BCUT2D eigenvalue weighted by molar-refractivity contribution is -0.147. The second kappa shape index (κ2) is 11.5. The maximum Gasteiger partial charge on any atom is 0.307 e. The molecule has 1 aliphatic heterocycles. The first-order valence-corrected chi connectivity index (χ1v) is 13.8. The third-order valence-electron chi connectivity index (χ3n) is 7.65. The zero-order chi connectivity index (χ0) is 28.3. The van der Waals surface area contributed by atoms with Crippen LogP contribution in [0.15, 0.2) is 72.8 Å². The molecule has 208 valence electrons. The minimum absolute atomic E-state index is 0.0378. The number of anilines is 3. The molecule has 0 fully saturated rings. The van der Waals surface area contributed by atoms with E-state index in [1.54, 1.807) is 0 Å². The summed E-state index contributed by atoms with van der Waals surface area (Å²) in [6.07, 6.45) is 0.862. The normalized spacial score (nSPS) is 16.4. The van der Waals surface area contributed by atoms with Crippen LogP contribution in [0.1, 0.15) is 50.7 Å². The van der Waals surface area contributed by atoms with Crippen LogP contribution in [-0.2, 0) is 16.1 Å². The number of carbonyl (C=O) groups excluding carboxylic acids is 1. The number of aliphatic carboxylic acids is 1. The van der Waals surface area contributed by atoms with Gasteiger partial charge >= 0.3 is 5.97 Å². The van der Waals surface area contributed by atoms with Crippen molar-refractivity contribution in [1.82, 2.24) is 15.3 Å². The van der Waals surface area contributed by atoms with Crippen molar-refractivity contribution in [3.05, 3.63) is 83.9 Å². The first-order valence-electron chi connectivity index (χ1n) is 13.8. The number of para-hydroxylation sites is 3. The van der Waals surface area contributed by atoms with E-state index in [0.29, 0.717) is 38.4 Å². The molecule has 4 N–H and O–H groups in total. The van der Waals surface area contributed by atoms with E-state index in [1.807, 2.05) is 86.3 Å². The number of carboxylic acids is 1. The molecule has 40 heavy (non-hydrogen) atoms. The Balaban J connectivity index is 1.20. The van der Waals surface area contributed by atoms with Crippen molar-refractivity contribution in [1.29, 1.82) is 0 Å². The largest absolute Gasteiger partial charge is 0.481 e. The SMILES string of the molecule is CC(C)(C)C(C(=O)O)C1CCC(=O)N(CCNCc2ccc(Nc3nc4ccccc4[nH]3)cc2)c2ccccc21. The van der Waals surface area contributed by atoms with Crippen molar-refractivity contribution in [3.8, 4) is 0 Å². The quantitative estimate of drug-likeness (QED) is 0.193. The number of rotatable bonds is 9. The Morgan fingerprint density at radius 2 is 1.80 bits per heavy atom. The van der Waals surface area contributed by atoms with E-state index in [-0.39, 0.29) is 11.8 Å². The van der Waals surface area contributed by atoms with Gasteiger partial charge in [0.15, 0.2) is 0 Å². The Hall–Kier alpha value is -4.17. The third-order valence-corrected chi connectivity index (χ3v) is 7.65. The summed E-state index contributed by atoms with van der Waals surface area (Å²) in [7, 11) is 0. The number of hydrogen-bond donors (Lipinski definition) is 4. The highest BCUT2D eigenvalue weighted by Gasteiger charge is 2.41. The van der Waals surface area contributed by atoms with Crippen molar-refractivity contribution in [2.24, 2.45) is 11.3 Å². The lowest BCUT2D eigenvalue weighted by atomic mass is 9.69. The number of aromatic amines is 1. The smallest absolute Gasteiger partial charge is 0.307 e. The Labute approximate surface area is 234 Å². The number of aromatic nitrogens is 2. The van der Waals surface area contributed by atoms with Gasteiger partial charge in [0.1, 0.15) is 0 Å². The van der Waals surface area contributed by atoms with Crippen molar-refractivity contribution in [3.63, 3.8) is 0 Å². The number of amides is 1. The number of H-pyrrole nitrogens is 1. The fraction of sp³-hybridized carbons (Fsp3) is 0.344. The molecule has 0 radical (unpaired) electrons. The summed E-state index contributed by atoms with van der Waals surface area (Å²) in [5.41, 5.74) is 5.33. The Kier molecular flexibility index (Phi) is 7.89. The van der Waals surface area contributed by atoms with Gasteiger partial charge in [0.05, 0.1) is 17.0 Å². The highest BCUT2D eigenvalue weighted by atomic mass is 16.4. The number of nitrogens with one attached hydrogen (secondary N) is 3. The maximum atomic E-state index is 13.2. The van der Waals surface area contributed by atoms with Crippen molar-refractivity contribution in [2.45, 2.75) is 46.1 Å².